The van der Waals surface area contributed by atoms with Crippen LogP contribution in [-0.4, -0.2) is 42.7 Å². The molecular formula is C21H32ClNO3. The van der Waals surface area contributed by atoms with Gasteiger partial charge in [-0.2, -0.15) is 0 Å². The third-order valence-corrected chi connectivity index (χ3v) is 5.16. The Morgan fingerprint density at radius 1 is 1.38 bits per heavy atom. The zero-order valence-electron chi connectivity index (χ0n) is 16.5. The normalized spacial score (nSPS) is 20.0. The van der Waals surface area contributed by atoms with E-state index in [0.717, 1.165) is 31.5 Å². The van der Waals surface area contributed by atoms with Gasteiger partial charge in [-0.25, -0.2) is 0 Å². The highest BCUT2D eigenvalue weighted by molar-refractivity contribution is 6.30. The summed E-state index contributed by atoms with van der Waals surface area (Å²) in [5, 5.41) is 0.713. The van der Waals surface area contributed by atoms with Crippen LogP contribution in [0.25, 0.3) is 0 Å². The zero-order chi connectivity index (χ0) is 19.2. The van der Waals surface area contributed by atoms with Gasteiger partial charge in [-0.05, 0) is 64.8 Å². The lowest BCUT2D eigenvalue weighted by molar-refractivity contribution is -0.145. The number of hydrogen-bond donors (Lipinski definition) is 0. The standard InChI is InChI=1S/C21H32ClNO3/c1-5-25-19(24)11-13-26-20(16-8-6-10-18(22)14-16)17-9-7-12-23(15-17)21(2,3)4/h6,8,10,14,17,20H,5,7,9,11-13,15H2,1-4H3/t17-,20?/m1/s1. The van der Waals surface area contributed by atoms with Crippen molar-refractivity contribution in [3.63, 3.8) is 0 Å². The summed E-state index contributed by atoms with van der Waals surface area (Å²) in [6.45, 7) is 11.5. The molecule has 0 amide bonds. The van der Waals surface area contributed by atoms with E-state index in [9.17, 15) is 4.79 Å². The minimum absolute atomic E-state index is 0.0618. The first-order chi connectivity index (χ1) is 12.3. The van der Waals surface area contributed by atoms with Gasteiger partial charge in [-0.3, -0.25) is 9.69 Å². The zero-order valence-corrected chi connectivity index (χ0v) is 17.2. The largest absolute Gasteiger partial charge is 0.466 e. The topological polar surface area (TPSA) is 38.8 Å². The van der Waals surface area contributed by atoms with E-state index in [0.29, 0.717) is 24.2 Å². The lowest BCUT2D eigenvalue weighted by Crippen LogP contribution is -2.48. The maximum Gasteiger partial charge on any atom is 0.308 e. The first kappa shape index (κ1) is 21.2. The maximum absolute atomic E-state index is 11.6. The van der Waals surface area contributed by atoms with Gasteiger partial charge in [-0.15, -0.1) is 0 Å². The van der Waals surface area contributed by atoms with Gasteiger partial charge in [0.2, 0.25) is 0 Å². The summed E-state index contributed by atoms with van der Waals surface area (Å²) in [5.74, 6) is 0.168. The highest BCUT2D eigenvalue weighted by Gasteiger charge is 2.33. The van der Waals surface area contributed by atoms with Gasteiger partial charge in [0.25, 0.3) is 0 Å². The van der Waals surface area contributed by atoms with Crippen molar-refractivity contribution in [3.05, 3.63) is 34.9 Å². The number of benzene rings is 1. The highest BCUT2D eigenvalue weighted by atomic mass is 35.5. The molecule has 1 heterocycles. The predicted octanol–water partition coefficient (Wildman–Crippen LogP) is 4.86. The fraction of sp³-hybridized carbons (Fsp3) is 0.667. The van der Waals surface area contributed by atoms with Crippen molar-refractivity contribution in [2.45, 2.75) is 58.6 Å². The summed E-state index contributed by atoms with van der Waals surface area (Å²) in [6.07, 6.45) is 2.48. The Morgan fingerprint density at radius 2 is 2.15 bits per heavy atom. The molecule has 1 saturated heterocycles. The average molecular weight is 382 g/mol. The van der Waals surface area contributed by atoms with Crippen molar-refractivity contribution < 1.29 is 14.3 Å². The second-order valence-electron chi connectivity index (χ2n) is 7.92. The van der Waals surface area contributed by atoms with E-state index in [2.05, 4.69) is 31.7 Å². The molecule has 0 aromatic heterocycles. The highest BCUT2D eigenvalue weighted by Crippen LogP contribution is 2.35. The van der Waals surface area contributed by atoms with Crippen LogP contribution in [0.4, 0.5) is 0 Å². The molecule has 2 atom stereocenters. The van der Waals surface area contributed by atoms with E-state index < -0.39 is 0 Å². The molecule has 1 aliphatic rings. The van der Waals surface area contributed by atoms with E-state index in [1.807, 2.05) is 25.1 Å². The van der Waals surface area contributed by atoms with Crippen molar-refractivity contribution in [3.8, 4) is 0 Å². The lowest BCUT2D eigenvalue weighted by atomic mass is 9.86. The number of ether oxygens (including phenoxy) is 2. The molecule has 146 valence electrons. The number of piperidine rings is 1. The fourth-order valence-electron chi connectivity index (χ4n) is 3.56. The molecule has 26 heavy (non-hydrogen) atoms. The first-order valence-electron chi connectivity index (χ1n) is 9.59. The molecule has 1 unspecified atom stereocenters. The Labute approximate surface area is 162 Å². The Morgan fingerprint density at radius 3 is 2.81 bits per heavy atom. The van der Waals surface area contributed by atoms with Crippen LogP contribution in [-0.2, 0) is 14.3 Å². The Bertz CT molecular complexity index is 585. The smallest absolute Gasteiger partial charge is 0.308 e. The summed E-state index contributed by atoms with van der Waals surface area (Å²) in [6, 6.07) is 7.89. The molecule has 0 aliphatic carbocycles. The van der Waals surface area contributed by atoms with Crippen LogP contribution in [0.15, 0.2) is 24.3 Å². The molecule has 0 saturated carbocycles. The Hall–Kier alpha value is -1.10. The number of halogens is 1. The fourth-order valence-corrected chi connectivity index (χ4v) is 3.76. The van der Waals surface area contributed by atoms with Crippen molar-refractivity contribution in [2.75, 3.05) is 26.3 Å². The molecule has 5 heteroatoms. The quantitative estimate of drug-likeness (QED) is 0.632. The van der Waals surface area contributed by atoms with Crippen LogP contribution in [0.1, 0.15) is 58.6 Å². The summed E-state index contributed by atoms with van der Waals surface area (Å²) < 4.78 is 11.2. The first-order valence-corrected chi connectivity index (χ1v) is 9.96. The molecule has 1 aromatic rings. The van der Waals surface area contributed by atoms with Crippen LogP contribution < -0.4 is 0 Å². The van der Waals surface area contributed by atoms with Crippen LogP contribution in [0.5, 0.6) is 0 Å². The number of nitrogens with zero attached hydrogens (tertiary/aromatic N) is 1. The summed E-state index contributed by atoms with van der Waals surface area (Å²) >= 11 is 6.21. The van der Waals surface area contributed by atoms with Gasteiger partial charge >= 0.3 is 5.97 Å². The minimum Gasteiger partial charge on any atom is -0.466 e. The van der Waals surface area contributed by atoms with E-state index in [-0.39, 0.29) is 24.0 Å². The van der Waals surface area contributed by atoms with E-state index >= 15 is 0 Å². The van der Waals surface area contributed by atoms with E-state index in [4.69, 9.17) is 21.1 Å². The lowest BCUT2D eigenvalue weighted by Gasteiger charge is -2.43. The third kappa shape index (κ3) is 6.26. The minimum atomic E-state index is -0.211. The second-order valence-corrected chi connectivity index (χ2v) is 8.36. The van der Waals surface area contributed by atoms with Crippen molar-refractivity contribution in [1.29, 1.82) is 0 Å². The van der Waals surface area contributed by atoms with Gasteiger partial charge in [0.15, 0.2) is 0 Å². The monoisotopic (exact) mass is 381 g/mol. The van der Waals surface area contributed by atoms with Crippen LogP contribution in [0.2, 0.25) is 5.02 Å². The van der Waals surface area contributed by atoms with Crippen molar-refractivity contribution in [2.24, 2.45) is 5.92 Å². The summed E-state index contributed by atoms with van der Waals surface area (Å²) in [4.78, 5) is 14.2. The molecule has 1 aliphatic heterocycles. The number of likely N-dealkylation sites (tertiary alicyclic amines) is 1. The molecule has 0 bridgehead atoms. The summed E-state index contributed by atoms with van der Waals surface area (Å²) in [7, 11) is 0. The number of hydrogen-bond acceptors (Lipinski definition) is 4. The van der Waals surface area contributed by atoms with Crippen molar-refractivity contribution >= 4 is 17.6 Å². The van der Waals surface area contributed by atoms with Crippen LogP contribution >= 0.6 is 11.6 Å². The van der Waals surface area contributed by atoms with Gasteiger partial charge in [-0.1, -0.05) is 23.7 Å². The molecule has 4 nitrogen and oxygen atoms in total. The SMILES string of the molecule is CCOC(=O)CCOC(c1cccc(Cl)c1)[C@@H]1CCCN(C(C)(C)C)C1. The van der Waals surface area contributed by atoms with Crippen LogP contribution in [0.3, 0.4) is 0 Å². The van der Waals surface area contributed by atoms with E-state index in [1.165, 1.54) is 0 Å². The molecular weight excluding hydrogens is 350 g/mol. The molecule has 0 radical (unpaired) electrons. The Kier molecular flexibility index (Phi) is 7.93. The second kappa shape index (κ2) is 9.72. The summed E-state index contributed by atoms with van der Waals surface area (Å²) in [5.41, 5.74) is 1.23. The van der Waals surface area contributed by atoms with Crippen LogP contribution in [0, 0.1) is 5.92 Å². The van der Waals surface area contributed by atoms with Gasteiger partial charge in [0, 0.05) is 23.0 Å². The van der Waals surface area contributed by atoms with Gasteiger partial charge < -0.3 is 9.47 Å². The molecule has 1 fully saturated rings. The van der Waals surface area contributed by atoms with Crippen molar-refractivity contribution in [1.82, 2.24) is 4.90 Å². The van der Waals surface area contributed by atoms with Gasteiger partial charge in [0.1, 0.15) is 0 Å². The Balaban J connectivity index is 2.11. The number of rotatable bonds is 7. The van der Waals surface area contributed by atoms with Gasteiger partial charge in [0.05, 0.1) is 25.7 Å². The number of carbonyl (C=O) groups is 1. The molecule has 0 spiro atoms. The predicted molar refractivity (Wildman–Crippen MR) is 105 cm³/mol. The molecule has 2 rings (SSSR count). The number of carbonyl (C=O) groups excluding carboxylic acids is 1. The molecule has 1 aromatic carbocycles. The number of esters is 1. The molecule has 0 N–H and O–H groups in total. The maximum atomic E-state index is 11.6. The van der Waals surface area contributed by atoms with E-state index in [1.54, 1.807) is 0 Å². The average Bonchev–Trinajstić information content (AvgIpc) is 2.58. The third-order valence-electron chi connectivity index (χ3n) is 4.92.